The van der Waals surface area contributed by atoms with Crippen molar-refractivity contribution in [3.8, 4) is 0 Å². The number of rotatable bonds is 3. The van der Waals surface area contributed by atoms with Gasteiger partial charge in [0.25, 0.3) is 5.91 Å². The molecule has 3 heterocycles. The van der Waals surface area contributed by atoms with Gasteiger partial charge in [-0.05, 0) is 58.4 Å². The monoisotopic (exact) mass is 370 g/mol. The van der Waals surface area contributed by atoms with Gasteiger partial charge in [-0.2, -0.15) is 5.10 Å². The molecule has 0 spiro atoms. The molecule has 1 aliphatic heterocycles. The van der Waals surface area contributed by atoms with E-state index in [1.165, 1.54) is 6.42 Å². The molecule has 27 heavy (non-hydrogen) atoms. The number of likely N-dealkylation sites (tertiary alicyclic amines) is 1. The molecule has 5 heteroatoms. The standard InChI is InChI=1S/C22H34N4O/c1-8-16-10-9-11-25(13-16)21(27)17-12-18(14(2)3)23-20-19(17)15(4)24-26(20)22(5,6)7/h12,14,16H,8-11,13H2,1-7H3. The van der Waals surface area contributed by atoms with E-state index in [1.54, 1.807) is 0 Å². The van der Waals surface area contributed by atoms with Crippen LogP contribution in [0, 0.1) is 12.8 Å². The maximum atomic E-state index is 13.5. The summed E-state index contributed by atoms with van der Waals surface area (Å²) in [6.45, 7) is 16.6. The van der Waals surface area contributed by atoms with E-state index in [0.717, 1.165) is 53.9 Å². The molecule has 0 radical (unpaired) electrons. The number of amides is 1. The smallest absolute Gasteiger partial charge is 0.254 e. The number of carbonyl (C=O) groups is 1. The largest absolute Gasteiger partial charge is 0.338 e. The fourth-order valence-electron chi connectivity index (χ4n) is 3.99. The van der Waals surface area contributed by atoms with Gasteiger partial charge in [-0.1, -0.05) is 27.2 Å². The van der Waals surface area contributed by atoms with Crippen LogP contribution in [0.15, 0.2) is 6.07 Å². The summed E-state index contributed by atoms with van der Waals surface area (Å²) in [7, 11) is 0. The minimum Gasteiger partial charge on any atom is -0.338 e. The van der Waals surface area contributed by atoms with Gasteiger partial charge in [0.1, 0.15) is 0 Å². The van der Waals surface area contributed by atoms with Crippen LogP contribution in [-0.2, 0) is 5.54 Å². The van der Waals surface area contributed by atoms with Gasteiger partial charge in [0, 0.05) is 18.8 Å². The lowest BCUT2D eigenvalue weighted by molar-refractivity contribution is 0.0673. The molecule has 0 saturated carbocycles. The number of aryl methyl sites for hydroxylation is 1. The summed E-state index contributed by atoms with van der Waals surface area (Å²) >= 11 is 0. The molecule has 1 amide bonds. The average Bonchev–Trinajstić information content (AvgIpc) is 2.97. The average molecular weight is 371 g/mol. The van der Waals surface area contributed by atoms with Crippen molar-refractivity contribution in [3.05, 3.63) is 23.0 Å². The maximum absolute atomic E-state index is 13.5. The van der Waals surface area contributed by atoms with E-state index in [-0.39, 0.29) is 17.4 Å². The van der Waals surface area contributed by atoms with Crippen LogP contribution in [0.5, 0.6) is 0 Å². The molecule has 3 rings (SSSR count). The molecule has 5 nitrogen and oxygen atoms in total. The molecule has 0 N–H and O–H groups in total. The van der Waals surface area contributed by atoms with Crippen molar-refractivity contribution in [3.63, 3.8) is 0 Å². The summed E-state index contributed by atoms with van der Waals surface area (Å²) in [5.41, 5.74) is 3.26. The van der Waals surface area contributed by atoms with Crippen LogP contribution in [0.3, 0.4) is 0 Å². The Morgan fingerprint density at radius 1 is 1.33 bits per heavy atom. The molecule has 1 atom stereocenters. The molecule has 1 saturated heterocycles. The molecular weight excluding hydrogens is 336 g/mol. The van der Waals surface area contributed by atoms with E-state index in [0.29, 0.717) is 5.92 Å². The highest BCUT2D eigenvalue weighted by Crippen LogP contribution is 2.30. The number of nitrogens with zero attached hydrogens (tertiary/aromatic N) is 4. The Labute approximate surface area is 163 Å². The third-order valence-electron chi connectivity index (χ3n) is 5.67. The zero-order chi connectivity index (χ0) is 19.9. The zero-order valence-corrected chi connectivity index (χ0v) is 18.0. The Kier molecular flexibility index (Phi) is 5.33. The second-order valence-corrected chi connectivity index (χ2v) is 9.28. The van der Waals surface area contributed by atoms with Crippen molar-refractivity contribution < 1.29 is 4.79 Å². The Hall–Kier alpha value is -1.91. The fraction of sp³-hybridized carbons (Fsp3) is 0.682. The zero-order valence-electron chi connectivity index (χ0n) is 18.0. The molecule has 0 aromatic carbocycles. The first-order chi connectivity index (χ1) is 12.6. The molecule has 148 valence electrons. The van der Waals surface area contributed by atoms with Crippen molar-refractivity contribution in [1.29, 1.82) is 0 Å². The van der Waals surface area contributed by atoms with Crippen LogP contribution in [-0.4, -0.2) is 38.7 Å². The van der Waals surface area contributed by atoms with Gasteiger partial charge in [0.05, 0.1) is 22.2 Å². The van der Waals surface area contributed by atoms with E-state index in [4.69, 9.17) is 10.1 Å². The summed E-state index contributed by atoms with van der Waals surface area (Å²) in [6, 6.07) is 2.01. The quantitative estimate of drug-likeness (QED) is 0.774. The molecule has 1 fully saturated rings. The van der Waals surface area contributed by atoms with Crippen LogP contribution < -0.4 is 0 Å². The highest BCUT2D eigenvalue weighted by atomic mass is 16.2. The van der Waals surface area contributed by atoms with Crippen molar-refractivity contribution in [1.82, 2.24) is 19.7 Å². The normalized spacial score (nSPS) is 18.5. The summed E-state index contributed by atoms with van der Waals surface area (Å²) in [5.74, 6) is 1.01. The number of fused-ring (bicyclic) bond motifs is 1. The van der Waals surface area contributed by atoms with E-state index in [9.17, 15) is 4.79 Å². The number of aromatic nitrogens is 3. The SMILES string of the molecule is CCC1CCCN(C(=O)c2cc(C(C)C)nc3c2c(C)nn3C(C)(C)C)C1. The van der Waals surface area contributed by atoms with Gasteiger partial charge in [-0.25, -0.2) is 9.67 Å². The Morgan fingerprint density at radius 2 is 2.04 bits per heavy atom. The molecule has 2 aromatic rings. The molecule has 0 aliphatic carbocycles. The van der Waals surface area contributed by atoms with Crippen LogP contribution in [0.1, 0.15) is 88.5 Å². The first-order valence-electron chi connectivity index (χ1n) is 10.3. The predicted molar refractivity (Wildman–Crippen MR) is 110 cm³/mol. The number of hydrogen-bond donors (Lipinski definition) is 0. The lowest BCUT2D eigenvalue weighted by Crippen LogP contribution is -2.40. The van der Waals surface area contributed by atoms with Crippen molar-refractivity contribution >= 4 is 16.9 Å². The van der Waals surface area contributed by atoms with Gasteiger partial charge < -0.3 is 4.90 Å². The lowest BCUT2D eigenvalue weighted by atomic mass is 9.94. The minimum atomic E-state index is -0.187. The second kappa shape index (κ2) is 7.25. The fourth-order valence-corrected chi connectivity index (χ4v) is 3.99. The maximum Gasteiger partial charge on any atom is 0.254 e. The van der Waals surface area contributed by atoms with Crippen molar-refractivity contribution in [2.75, 3.05) is 13.1 Å². The van der Waals surface area contributed by atoms with Gasteiger partial charge in [-0.3, -0.25) is 4.79 Å². The topological polar surface area (TPSA) is 51.0 Å². The second-order valence-electron chi connectivity index (χ2n) is 9.28. The molecular formula is C22H34N4O. The van der Waals surface area contributed by atoms with Crippen LogP contribution in [0.2, 0.25) is 0 Å². The van der Waals surface area contributed by atoms with Crippen LogP contribution in [0.25, 0.3) is 11.0 Å². The molecule has 1 unspecified atom stereocenters. The van der Waals surface area contributed by atoms with E-state index in [1.807, 2.05) is 22.6 Å². The Morgan fingerprint density at radius 3 is 2.63 bits per heavy atom. The van der Waals surface area contributed by atoms with Crippen molar-refractivity contribution in [2.24, 2.45) is 5.92 Å². The first kappa shape index (κ1) is 19.8. The van der Waals surface area contributed by atoms with E-state index < -0.39 is 0 Å². The summed E-state index contributed by atoms with van der Waals surface area (Å²) in [6.07, 6.45) is 3.45. The highest BCUT2D eigenvalue weighted by molar-refractivity contribution is 6.06. The summed E-state index contributed by atoms with van der Waals surface area (Å²) in [5, 5.41) is 5.68. The van der Waals surface area contributed by atoms with E-state index >= 15 is 0 Å². The van der Waals surface area contributed by atoms with E-state index in [2.05, 4.69) is 41.5 Å². The van der Waals surface area contributed by atoms with Gasteiger partial charge >= 0.3 is 0 Å². The molecule has 1 aliphatic rings. The molecule has 2 aromatic heterocycles. The van der Waals surface area contributed by atoms with Crippen LogP contribution >= 0.6 is 0 Å². The number of piperidine rings is 1. The van der Waals surface area contributed by atoms with Crippen molar-refractivity contribution in [2.45, 2.75) is 79.2 Å². The minimum absolute atomic E-state index is 0.138. The predicted octanol–water partition coefficient (Wildman–Crippen LogP) is 4.88. The first-order valence-corrected chi connectivity index (χ1v) is 10.3. The number of carbonyl (C=O) groups excluding carboxylic acids is 1. The van der Waals surface area contributed by atoms with Gasteiger partial charge in [0.15, 0.2) is 5.65 Å². The van der Waals surface area contributed by atoms with Gasteiger partial charge in [0.2, 0.25) is 0 Å². The van der Waals surface area contributed by atoms with Crippen LogP contribution in [0.4, 0.5) is 0 Å². The summed E-state index contributed by atoms with van der Waals surface area (Å²) < 4.78 is 1.98. The Bertz CT molecular complexity index is 844. The molecule has 0 bridgehead atoms. The Balaban J connectivity index is 2.16. The lowest BCUT2D eigenvalue weighted by Gasteiger charge is -2.32. The summed E-state index contributed by atoms with van der Waals surface area (Å²) in [4.78, 5) is 20.5. The van der Waals surface area contributed by atoms with Gasteiger partial charge in [-0.15, -0.1) is 0 Å². The highest BCUT2D eigenvalue weighted by Gasteiger charge is 2.29. The number of pyridine rings is 1. The third-order valence-corrected chi connectivity index (χ3v) is 5.67. The third kappa shape index (κ3) is 3.74. The number of hydrogen-bond acceptors (Lipinski definition) is 3.